The molecular formula is C20H20N2O5. The maximum absolute atomic E-state index is 12.9. The van der Waals surface area contributed by atoms with Crippen molar-refractivity contribution in [3.05, 3.63) is 62.9 Å². The van der Waals surface area contributed by atoms with Gasteiger partial charge >= 0.3 is 5.97 Å². The molecule has 0 amide bonds. The molecule has 0 aliphatic heterocycles. The molecule has 27 heavy (non-hydrogen) atoms. The highest BCUT2D eigenvalue weighted by molar-refractivity contribution is 6.03. The molecule has 0 atom stereocenters. The van der Waals surface area contributed by atoms with Gasteiger partial charge in [-0.15, -0.1) is 0 Å². The average Bonchev–Trinajstić information content (AvgIpc) is 2.96. The molecule has 0 saturated carbocycles. The minimum absolute atomic E-state index is 0.0290. The summed E-state index contributed by atoms with van der Waals surface area (Å²) in [5, 5.41) is 0.0290. The zero-order chi connectivity index (χ0) is 19.7. The van der Waals surface area contributed by atoms with Gasteiger partial charge in [-0.3, -0.25) is 14.2 Å². The number of ether oxygens (including phenoxy) is 1. The number of aryl methyl sites for hydroxylation is 3. The van der Waals surface area contributed by atoms with E-state index in [9.17, 15) is 14.4 Å². The van der Waals surface area contributed by atoms with E-state index in [1.807, 2.05) is 19.9 Å². The van der Waals surface area contributed by atoms with E-state index in [-0.39, 0.29) is 41.4 Å². The molecule has 0 bridgehead atoms. The number of esters is 1. The highest BCUT2D eigenvalue weighted by atomic mass is 16.5. The molecule has 0 fully saturated rings. The number of benzene rings is 1. The first-order valence-electron chi connectivity index (χ1n) is 8.59. The van der Waals surface area contributed by atoms with Crippen molar-refractivity contribution in [1.82, 2.24) is 9.55 Å². The second-order valence-electron chi connectivity index (χ2n) is 6.33. The van der Waals surface area contributed by atoms with Crippen molar-refractivity contribution >= 4 is 22.9 Å². The first-order chi connectivity index (χ1) is 12.8. The van der Waals surface area contributed by atoms with Gasteiger partial charge < -0.3 is 9.15 Å². The van der Waals surface area contributed by atoms with Crippen molar-refractivity contribution in [2.24, 2.45) is 0 Å². The summed E-state index contributed by atoms with van der Waals surface area (Å²) < 4.78 is 11.6. The number of fused-ring (bicyclic) bond motifs is 1. The first-order valence-corrected chi connectivity index (χ1v) is 8.59. The Labute approximate surface area is 155 Å². The summed E-state index contributed by atoms with van der Waals surface area (Å²) in [6.07, 6.45) is 1.25. The van der Waals surface area contributed by atoms with Crippen LogP contribution in [0, 0.1) is 20.8 Å². The first kappa shape index (κ1) is 18.6. The number of ketones is 1. The number of carbonyl (C=O) groups excluding carboxylic acids is 2. The molecule has 3 rings (SSSR count). The van der Waals surface area contributed by atoms with E-state index in [2.05, 4.69) is 4.98 Å². The molecule has 0 saturated heterocycles. The zero-order valence-electron chi connectivity index (χ0n) is 15.7. The number of aromatic nitrogens is 2. The number of nitrogens with zero attached hydrogens (tertiary/aromatic N) is 2. The third kappa shape index (κ3) is 3.40. The van der Waals surface area contributed by atoms with E-state index < -0.39 is 11.5 Å². The number of rotatable bonds is 5. The van der Waals surface area contributed by atoms with Crippen molar-refractivity contribution in [3.63, 3.8) is 0 Å². The smallest absolute Gasteiger partial charge is 0.342 e. The van der Waals surface area contributed by atoms with Crippen LogP contribution in [0.1, 0.15) is 44.5 Å². The van der Waals surface area contributed by atoms with Crippen LogP contribution in [0.2, 0.25) is 0 Å². The molecule has 2 aromatic heterocycles. The van der Waals surface area contributed by atoms with E-state index in [0.717, 1.165) is 11.1 Å². The molecule has 0 spiro atoms. The normalized spacial score (nSPS) is 11.0. The summed E-state index contributed by atoms with van der Waals surface area (Å²) in [7, 11) is 0. The van der Waals surface area contributed by atoms with Gasteiger partial charge in [-0.1, -0.05) is 12.1 Å². The lowest BCUT2D eigenvalue weighted by atomic mass is 10.0. The van der Waals surface area contributed by atoms with Crippen LogP contribution in [-0.2, 0) is 11.3 Å². The van der Waals surface area contributed by atoms with Crippen molar-refractivity contribution in [2.75, 3.05) is 6.61 Å². The van der Waals surface area contributed by atoms with Crippen molar-refractivity contribution in [3.8, 4) is 0 Å². The van der Waals surface area contributed by atoms with Crippen LogP contribution in [0.15, 0.2) is 33.7 Å². The van der Waals surface area contributed by atoms with Crippen molar-refractivity contribution < 1.29 is 18.7 Å². The minimum atomic E-state index is -0.647. The van der Waals surface area contributed by atoms with Gasteiger partial charge in [-0.25, -0.2) is 9.78 Å². The maximum atomic E-state index is 12.9. The molecule has 2 heterocycles. The Kier molecular flexibility index (Phi) is 4.94. The third-order valence-corrected chi connectivity index (χ3v) is 4.48. The van der Waals surface area contributed by atoms with Gasteiger partial charge in [0.1, 0.15) is 23.0 Å². The van der Waals surface area contributed by atoms with Crippen LogP contribution in [0.25, 0.3) is 11.1 Å². The van der Waals surface area contributed by atoms with Crippen LogP contribution in [0.5, 0.6) is 0 Å². The van der Waals surface area contributed by atoms with Crippen LogP contribution < -0.4 is 5.56 Å². The van der Waals surface area contributed by atoms with E-state index in [1.165, 1.54) is 10.9 Å². The highest BCUT2D eigenvalue weighted by Crippen LogP contribution is 2.22. The van der Waals surface area contributed by atoms with E-state index in [0.29, 0.717) is 5.56 Å². The van der Waals surface area contributed by atoms with Gasteiger partial charge in [0.25, 0.3) is 5.56 Å². The van der Waals surface area contributed by atoms with Gasteiger partial charge in [0.05, 0.1) is 13.2 Å². The van der Waals surface area contributed by atoms with Crippen LogP contribution in [-0.4, -0.2) is 27.9 Å². The summed E-state index contributed by atoms with van der Waals surface area (Å²) in [5.74, 6) is -0.614. The molecule has 7 heteroatoms. The molecule has 0 N–H and O–H groups in total. The Bertz CT molecular complexity index is 1110. The molecule has 3 aromatic rings. The minimum Gasteiger partial charge on any atom is -0.462 e. The molecule has 0 aliphatic rings. The Morgan fingerprint density at radius 1 is 1.19 bits per heavy atom. The molecule has 0 unspecified atom stereocenters. The summed E-state index contributed by atoms with van der Waals surface area (Å²) in [5.41, 5.74) is 2.18. The monoisotopic (exact) mass is 368 g/mol. The Morgan fingerprint density at radius 3 is 2.59 bits per heavy atom. The van der Waals surface area contributed by atoms with Gasteiger partial charge in [0, 0.05) is 5.56 Å². The second-order valence-corrected chi connectivity index (χ2v) is 6.33. The molecule has 7 nitrogen and oxygen atoms in total. The van der Waals surface area contributed by atoms with Crippen LogP contribution in [0.3, 0.4) is 0 Å². The lowest BCUT2D eigenvalue weighted by molar-refractivity contribution is 0.0526. The number of hydrogen-bond acceptors (Lipinski definition) is 6. The predicted molar refractivity (Wildman–Crippen MR) is 99.2 cm³/mol. The lowest BCUT2D eigenvalue weighted by Gasteiger charge is -2.07. The van der Waals surface area contributed by atoms with Crippen LogP contribution in [0.4, 0.5) is 0 Å². The molecular weight excluding hydrogens is 348 g/mol. The standard InChI is InChI=1S/C20H20N2O5/c1-5-26-20(25)16-13(4)27-18-17(16)19(24)22(10-21-18)9-15(23)14-7-6-11(2)12(3)8-14/h6-8,10H,5,9H2,1-4H3. The molecule has 140 valence electrons. The van der Waals surface area contributed by atoms with Gasteiger partial charge in [-0.2, -0.15) is 0 Å². The fourth-order valence-corrected chi connectivity index (χ4v) is 2.86. The highest BCUT2D eigenvalue weighted by Gasteiger charge is 2.24. The fourth-order valence-electron chi connectivity index (χ4n) is 2.86. The SMILES string of the molecule is CCOC(=O)c1c(C)oc2ncn(CC(=O)c3ccc(C)c(C)c3)c(=O)c12. The Balaban J connectivity index is 2.02. The van der Waals surface area contributed by atoms with Crippen LogP contribution >= 0.6 is 0 Å². The summed E-state index contributed by atoms with van der Waals surface area (Å²) in [6, 6.07) is 5.39. The van der Waals surface area contributed by atoms with Gasteiger partial charge in [-0.05, 0) is 44.9 Å². The molecule has 0 aliphatic carbocycles. The second kappa shape index (κ2) is 7.19. The zero-order valence-corrected chi connectivity index (χ0v) is 15.7. The third-order valence-electron chi connectivity index (χ3n) is 4.48. The number of hydrogen-bond donors (Lipinski definition) is 0. The Hall–Kier alpha value is -3.22. The average molecular weight is 368 g/mol. The quantitative estimate of drug-likeness (QED) is 0.508. The lowest BCUT2D eigenvalue weighted by Crippen LogP contribution is -2.25. The summed E-state index contributed by atoms with van der Waals surface area (Å²) in [6.45, 7) is 7.11. The number of carbonyl (C=O) groups is 2. The van der Waals surface area contributed by atoms with E-state index >= 15 is 0 Å². The maximum Gasteiger partial charge on any atom is 0.342 e. The van der Waals surface area contributed by atoms with E-state index in [4.69, 9.17) is 9.15 Å². The largest absolute Gasteiger partial charge is 0.462 e. The van der Waals surface area contributed by atoms with Gasteiger partial charge in [0.15, 0.2) is 5.78 Å². The van der Waals surface area contributed by atoms with Gasteiger partial charge in [0.2, 0.25) is 5.71 Å². The number of furan rings is 1. The topological polar surface area (TPSA) is 91.4 Å². The van der Waals surface area contributed by atoms with Crippen molar-refractivity contribution in [1.29, 1.82) is 0 Å². The molecule has 0 radical (unpaired) electrons. The van der Waals surface area contributed by atoms with E-state index in [1.54, 1.807) is 26.0 Å². The van der Waals surface area contributed by atoms with Crippen molar-refractivity contribution in [2.45, 2.75) is 34.2 Å². The Morgan fingerprint density at radius 2 is 1.93 bits per heavy atom. The summed E-state index contributed by atoms with van der Waals surface area (Å²) in [4.78, 5) is 41.7. The summed E-state index contributed by atoms with van der Waals surface area (Å²) >= 11 is 0. The fraction of sp³-hybridized carbons (Fsp3) is 0.300. The molecule has 1 aromatic carbocycles. The number of Topliss-reactive ketones (excluding diaryl/α,β-unsaturated/α-hetero) is 1. The predicted octanol–water partition coefficient (Wildman–Crippen LogP) is 2.97.